The summed E-state index contributed by atoms with van der Waals surface area (Å²) in [6.45, 7) is 0. The normalized spacial score (nSPS) is 11.8. The molecule has 10 aromatic rings. The molecule has 0 aliphatic carbocycles. The average molecular weight is 601 g/mol. The zero-order chi connectivity index (χ0) is 30.9. The van der Waals surface area contributed by atoms with Crippen molar-refractivity contribution in [2.75, 3.05) is 0 Å². The molecule has 3 heterocycles. The summed E-state index contributed by atoms with van der Waals surface area (Å²) >= 11 is 0. The van der Waals surface area contributed by atoms with Crippen LogP contribution in [0.4, 0.5) is 0 Å². The van der Waals surface area contributed by atoms with Gasteiger partial charge in [-0.2, -0.15) is 0 Å². The van der Waals surface area contributed by atoms with Crippen LogP contribution in [0.1, 0.15) is 0 Å². The quantitative estimate of drug-likeness (QED) is 0.189. The van der Waals surface area contributed by atoms with Gasteiger partial charge < -0.3 is 4.42 Å². The van der Waals surface area contributed by atoms with Gasteiger partial charge in [0.1, 0.15) is 5.58 Å². The van der Waals surface area contributed by atoms with E-state index in [0.717, 1.165) is 60.2 Å². The molecule has 0 fully saturated rings. The van der Waals surface area contributed by atoms with Crippen molar-refractivity contribution in [1.29, 1.82) is 0 Å². The molecule has 10 rings (SSSR count). The molecule has 0 saturated heterocycles. The summed E-state index contributed by atoms with van der Waals surface area (Å²) in [5, 5.41) is 11.3. The molecule has 5 heteroatoms. The van der Waals surface area contributed by atoms with E-state index in [9.17, 15) is 0 Å². The van der Waals surface area contributed by atoms with E-state index in [4.69, 9.17) is 19.4 Å². The summed E-state index contributed by atoms with van der Waals surface area (Å²) < 4.78 is 6.35. The predicted molar refractivity (Wildman–Crippen MR) is 191 cm³/mol. The number of aromatic nitrogens is 4. The van der Waals surface area contributed by atoms with Crippen molar-refractivity contribution in [1.82, 2.24) is 19.9 Å². The van der Waals surface area contributed by atoms with E-state index in [1.165, 1.54) is 21.5 Å². The maximum Gasteiger partial charge on any atom is 0.164 e. The Balaban J connectivity index is 1.25. The van der Waals surface area contributed by atoms with Crippen LogP contribution in [0.3, 0.4) is 0 Å². The zero-order valence-corrected chi connectivity index (χ0v) is 25.1. The van der Waals surface area contributed by atoms with Crippen LogP contribution >= 0.6 is 0 Å². The fraction of sp³-hybridized carbons (Fsp3) is 0. The van der Waals surface area contributed by atoms with Crippen LogP contribution < -0.4 is 0 Å². The van der Waals surface area contributed by atoms with E-state index in [1.54, 1.807) is 12.4 Å². The highest BCUT2D eigenvalue weighted by atomic mass is 16.3. The largest absolute Gasteiger partial charge is 0.454 e. The van der Waals surface area contributed by atoms with Gasteiger partial charge in [-0.05, 0) is 62.0 Å². The van der Waals surface area contributed by atoms with Crippen LogP contribution in [0.2, 0.25) is 0 Å². The third-order valence-electron chi connectivity index (χ3n) is 9.17. The first-order chi connectivity index (χ1) is 23.3. The van der Waals surface area contributed by atoms with E-state index < -0.39 is 0 Å². The predicted octanol–water partition coefficient (Wildman–Crippen LogP) is 10.8. The maximum absolute atomic E-state index is 6.35. The second-order valence-electron chi connectivity index (χ2n) is 11.9. The van der Waals surface area contributed by atoms with Crippen LogP contribution in [0.5, 0.6) is 0 Å². The van der Waals surface area contributed by atoms with E-state index >= 15 is 0 Å². The molecule has 0 radical (unpaired) electrons. The van der Waals surface area contributed by atoms with E-state index in [2.05, 4.69) is 102 Å². The van der Waals surface area contributed by atoms with Crippen molar-refractivity contribution < 1.29 is 4.42 Å². The fourth-order valence-corrected chi connectivity index (χ4v) is 6.95. The third-order valence-corrected chi connectivity index (χ3v) is 9.17. The van der Waals surface area contributed by atoms with Gasteiger partial charge in [-0.1, -0.05) is 109 Å². The zero-order valence-electron chi connectivity index (χ0n) is 25.1. The highest BCUT2D eigenvalue weighted by Crippen LogP contribution is 2.39. The number of rotatable bonds is 3. The number of hydrogen-bond acceptors (Lipinski definition) is 5. The Bertz CT molecular complexity index is 2860. The molecule has 0 bridgehead atoms. The molecule has 0 amide bonds. The van der Waals surface area contributed by atoms with Gasteiger partial charge >= 0.3 is 0 Å². The highest BCUT2D eigenvalue weighted by Gasteiger charge is 2.18. The number of benzene rings is 7. The van der Waals surface area contributed by atoms with Gasteiger partial charge in [-0.3, -0.25) is 4.98 Å². The van der Waals surface area contributed by atoms with Crippen molar-refractivity contribution >= 4 is 65.0 Å². The summed E-state index contributed by atoms with van der Waals surface area (Å²) in [6, 6.07) is 46.4. The minimum Gasteiger partial charge on any atom is -0.454 e. The Labute approximate surface area is 268 Å². The molecule has 0 N–H and O–H groups in total. The summed E-state index contributed by atoms with van der Waals surface area (Å²) in [7, 11) is 0. The molecule has 0 aliphatic heterocycles. The summed E-state index contributed by atoms with van der Waals surface area (Å²) in [6.07, 6.45) is 3.57. The molecule has 0 saturated carbocycles. The second kappa shape index (κ2) is 10.0. The average Bonchev–Trinajstić information content (AvgIpc) is 3.53. The second-order valence-corrected chi connectivity index (χ2v) is 11.9. The monoisotopic (exact) mass is 600 g/mol. The van der Waals surface area contributed by atoms with Crippen molar-refractivity contribution in [2.24, 2.45) is 0 Å². The van der Waals surface area contributed by atoms with Gasteiger partial charge in [0.15, 0.2) is 23.1 Å². The highest BCUT2D eigenvalue weighted by molar-refractivity contribution is 6.23. The molecule has 0 unspecified atom stereocenters. The lowest BCUT2D eigenvalue weighted by Gasteiger charge is -2.14. The van der Waals surface area contributed by atoms with Crippen molar-refractivity contribution in [3.63, 3.8) is 0 Å². The lowest BCUT2D eigenvalue weighted by molar-refractivity contribution is 0.670. The summed E-state index contributed by atoms with van der Waals surface area (Å²) in [4.78, 5) is 19.6. The Kier molecular flexibility index (Phi) is 5.51. The topological polar surface area (TPSA) is 64.7 Å². The van der Waals surface area contributed by atoms with E-state index in [0.29, 0.717) is 17.5 Å². The van der Waals surface area contributed by atoms with Gasteiger partial charge in [0.25, 0.3) is 0 Å². The smallest absolute Gasteiger partial charge is 0.164 e. The first kappa shape index (κ1) is 25.8. The number of nitrogens with zero attached hydrogens (tertiary/aromatic N) is 4. The van der Waals surface area contributed by atoms with Gasteiger partial charge in [0, 0.05) is 39.0 Å². The Morgan fingerprint density at radius 3 is 2.00 bits per heavy atom. The lowest BCUT2D eigenvalue weighted by Crippen LogP contribution is -2.01. The minimum atomic E-state index is 0.605. The number of pyridine rings is 1. The van der Waals surface area contributed by atoms with Crippen LogP contribution in [0.15, 0.2) is 150 Å². The number of furan rings is 1. The fourth-order valence-electron chi connectivity index (χ4n) is 6.95. The Morgan fingerprint density at radius 2 is 1.11 bits per heavy atom. The van der Waals surface area contributed by atoms with Gasteiger partial charge in [-0.25, -0.2) is 15.0 Å². The number of hydrogen-bond donors (Lipinski definition) is 0. The number of fused-ring (bicyclic) bond motifs is 10. The minimum absolute atomic E-state index is 0.605. The molecular weight excluding hydrogens is 576 g/mol. The van der Waals surface area contributed by atoms with Crippen molar-refractivity contribution in [3.8, 4) is 34.2 Å². The lowest BCUT2D eigenvalue weighted by atomic mass is 9.93. The molecule has 0 atom stereocenters. The molecule has 5 nitrogen and oxygen atoms in total. The first-order valence-corrected chi connectivity index (χ1v) is 15.6. The Morgan fingerprint density at radius 1 is 0.426 bits per heavy atom. The third kappa shape index (κ3) is 4.03. The van der Waals surface area contributed by atoms with E-state index in [-0.39, 0.29) is 0 Å². The standard InChI is InChI=1S/C42H24N4O/c1-2-9-27(10-3-1)40-44-41(29-17-15-26-18-19-34-32-20-21-43-24-37(32)47-39(34)35(26)23-29)46-42(45-40)36-22-28-16-14-25-8-4-5-11-30(25)38(28)33-13-7-6-12-31(33)36/h1-24H. The molecule has 47 heavy (non-hydrogen) atoms. The van der Waals surface area contributed by atoms with Crippen LogP contribution in [-0.2, 0) is 0 Å². The molecule has 218 valence electrons. The molecule has 0 spiro atoms. The van der Waals surface area contributed by atoms with Crippen LogP contribution in [-0.4, -0.2) is 19.9 Å². The molecule has 0 aliphatic rings. The molecular formula is C42H24N4O. The van der Waals surface area contributed by atoms with Gasteiger partial charge in [-0.15, -0.1) is 0 Å². The summed E-state index contributed by atoms with van der Waals surface area (Å²) in [5.41, 5.74) is 4.39. The SMILES string of the molecule is c1ccc(-c2nc(-c3ccc4ccc5c6ccncc6oc5c4c3)nc(-c3cc4ccc5ccccc5c4c4ccccc34)n2)cc1. The van der Waals surface area contributed by atoms with Crippen LogP contribution in [0.25, 0.3) is 99.2 Å². The molecule has 7 aromatic carbocycles. The Hall–Kier alpha value is -6.46. The molecule has 3 aromatic heterocycles. The van der Waals surface area contributed by atoms with Gasteiger partial charge in [0.2, 0.25) is 0 Å². The van der Waals surface area contributed by atoms with Crippen molar-refractivity contribution in [3.05, 3.63) is 146 Å². The first-order valence-electron chi connectivity index (χ1n) is 15.6. The summed E-state index contributed by atoms with van der Waals surface area (Å²) in [5.74, 6) is 1.86. The van der Waals surface area contributed by atoms with Gasteiger partial charge in [0.05, 0.1) is 6.20 Å². The van der Waals surface area contributed by atoms with E-state index in [1.807, 2.05) is 36.4 Å². The maximum atomic E-state index is 6.35. The van der Waals surface area contributed by atoms with Crippen LogP contribution in [0, 0.1) is 0 Å². The van der Waals surface area contributed by atoms with Crippen molar-refractivity contribution in [2.45, 2.75) is 0 Å².